The topological polar surface area (TPSA) is 87.2 Å². The zero-order valence-electron chi connectivity index (χ0n) is 15.9. The second-order valence-electron chi connectivity index (χ2n) is 7.02. The first-order valence-electron chi connectivity index (χ1n) is 9.29. The fourth-order valence-corrected chi connectivity index (χ4v) is 3.96. The number of nitrogens with zero attached hydrogens (tertiary/aromatic N) is 2. The number of carbonyl (C=O) groups excluding carboxylic acids is 2. The number of hydrogen-bond acceptors (Lipinski definition) is 4. The van der Waals surface area contributed by atoms with Gasteiger partial charge in [-0.1, -0.05) is 18.2 Å². The molecule has 0 aromatic heterocycles. The number of urea groups is 1. The van der Waals surface area contributed by atoms with Crippen LogP contribution in [0.5, 0.6) is 5.75 Å². The SMILES string of the molecule is COc1ccc(N2C(=O)CN(C3CCc4cc(/C=C/C(=O)O)ccc43)C2=O)cc1. The quantitative estimate of drug-likeness (QED) is 0.623. The Labute approximate surface area is 167 Å². The van der Waals surface area contributed by atoms with Gasteiger partial charge in [-0.3, -0.25) is 4.79 Å². The summed E-state index contributed by atoms with van der Waals surface area (Å²) in [5.74, 6) is -0.597. The number of methoxy groups -OCH3 is 1. The molecule has 1 heterocycles. The Balaban J connectivity index is 1.57. The lowest BCUT2D eigenvalue weighted by Gasteiger charge is -2.24. The number of amides is 3. The molecule has 1 fully saturated rings. The lowest BCUT2D eigenvalue weighted by molar-refractivity contribution is -0.131. The molecular weight excluding hydrogens is 372 g/mol. The van der Waals surface area contributed by atoms with Gasteiger partial charge in [-0.05, 0) is 59.9 Å². The van der Waals surface area contributed by atoms with Gasteiger partial charge in [0, 0.05) is 6.08 Å². The van der Waals surface area contributed by atoms with Crippen molar-refractivity contribution in [1.29, 1.82) is 0 Å². The molecule has 0 bridgehead atoms. The van der Waals surface area contributed by atoms with Gasteiger partial charge >= 0.3 is 12.0 Å². The first-order valence-corrected chi connectivity index (χ1v) is 9.29. The molecule has 1 N–H and O–H groups in total. The van der Waals surface area contributed by atoms with E-state index in [0.717, 1.165) is 35.6 Å². The fraction of sp³-hybridized carbons (Fsp3) is 0.227. The Bertz CT molecular complexity index is 1010. The molecule has 4 rings (SSSR count). The maximum atomic E-state index is 13.0. The maximum Gasteiger partial charge on any atom is 0.332 e. The summed E-state index contributed by atoms with van der Waals surface area (Å²) in [5, 5.41) is 8.78. The van der Waals surface area contributed by atoms with E-state index >= 15 is 0 Å². The minimum absolute atomic E-state index is 0.0373. The summed E-state index contributed by atoms with van der Waals surface area (Å²) < 4.78 is 5.13. The van der Waals surface area contributed by atoms with Gasteiger partial charge in [-0.15, -0.1) is 0 Å². The molecule has 29 heavy (non-hydrogen) atoms. The number of fused-ring (bicyclic) bond motifs is 1. The van der Waals surface area contributed by atoms with Crippen molar-refractivity contribution in [3.8, 4) is 5.75 Å². The molecule has 7 heteroatoms. The standard InChI is InChI=1S/C22H20N2O5/c1-29-17-7-5-16(6-8-17)24-20(25)13-23(22(24)28)19-10-4-15-12-14(2-9-18(15)19)3-11-21(26)27/h2-3,5-9,11-12,19H,4,10,13H2,1H3,(H,26,27)/b11-3+. The highest BCUT2D eigenvalue weighted by atomic mass is 16.5. The Hall–Kier alpha value is -3.61. The molecule has 1 atom stereocenters. The molecule has 2 aromatic rings. The number of carbonyl (C=O) groups is 3. The third-order valence-corrected chi connectivity index (χ3v) is 5.33. The molecule has 148 valence electrons. The number of carboxylic acid groups (broad SMARTS) is 1. The van der Waals surface area contributed by atoms with Crippen LogP contribution in [0.15, 0.2) is 48.5 Å². The van der Waals surface area contributed by atoms with Gasteiger partial charge in [0.05, 0.1) is 18.8 Å². The van der Waals surface area contributed by atoms with Crippen LogP contribution in [0, 0.1) is 0 Å². The van der Waals surface area contributed by atoms with E-state index in [1.54, 1.807) is 42.4 Å². The van der Waals surface area contributed by atoms with Crippen LogP contribution >= 0.6 is 0 Å². The number of anilines is 1. The second kappa shape index (κ2) is 7.43. The summed E-state index contributed by atoms with van der Waals surface area (Å²) in [7, 11) is 1.56. The van der Waals surface area contributed by atoms with Crippen LogP contribution in [-0.2, 0) is 16.0 Å². The van der Waals surface area contributed by atoms with Crippen LogP contribution in [0.3, 0.4) is 0 Å². The van der Waals surface area contributed by atoms with Gasteiger partial charge in [0.15, 0.2) is 0 Å². The minimum atomic E-state index is -0.997. The summed E-state index contributed by atoms with van der Waals surface area (Å²) in [5.41, 5.74) is 3.41. The third-order valence-electron chi connectivity index (χ3n) is 5.33. The lowest BCUT2D eigenvalue weighted by atomic mass is 10.0. The van der Waals surface area contributed by atoms with Crippen molar-refractivity contribution in [1.82, 2.24) is 4.90 Å². The van der Waals surface area contributed by atoms with Crippen LogP contribution in [0.2, 0.25) is 0 Å². The van der Waals surface area contributed by atoms with Crippen LogP contribution in [-0.4, -0.2) is 41.6 Å². The van der Waals surface area contributed by atoms with Crippen molar-refractivity contribution in [3.05, 3.63) is 65.2 Å². The molecular formula is C22H20N2O5. The van der Waals surface area contributed by atoms with E-state index in [1.165, 1.54) is 4.90 Å². The van der Waals surface area contributed by atoms with E-state index < -0.39 is 5.97 Å². The largest absolute Gasteiger partial charge is 0.497 e. The molecule has 3 amide bonds. The predicted octanol–water partition coefficient (Wildman–Crippen LogP) is 3.25. The Morgan fingerprint density at radius 3 is 2.62 bits per heavy atom. The Kier molecular flexibility index (Phi) is 4.80. The summed E-state index contributed by atoms with van der Waals surface area (Å²) in [4.78, 5) is 39.2. The summed E-state index contributed by atoms with van der Waals surface area (Å²) in [6.45, 7) is 0.0373. The number of hydrogen-bond donors (Lipinski definition) is 1. The number of benzene rings is 2. The van der Waals surface area contributed by atoms with Crippen molar-refractivity contribution < 1.29 is 24.2 Å². The zero-order valence-corrected chi connectivity index (χ0v) is 15.9. The molecule has 1 saturated heterocycles. The van der Waals surface area contributed by atoms with Crippen LogP contribution in [0.4, 0.5) is 10.5 Å². The second-order valence-corrected chi connectivity index (χ2v) is 7.02. The van der Waals surface area contributed by atoms with E-state index in [2.05, 4.69) is 0 Å². The number of aliphatic carboxylic acids is 1. The van der Waals surface area contributed by atoms with Crippen molar-refractivity contribution in [2.75, 3.05) is 18.6 Å². The number of ether oxygens (including phenoxy) is 1. The van der Waals surface area contributed by atoms with Crippen molar-refractivity contribution in [2.24, 2.45) is 0 Å². The van der Waals surface area contributed by atoms with Gasteiger partial charge in [0.25, 0.3) is 5.91 Å². The van der Waals surface area contributed by atoms with E-state index in [1.807, 2.05) is 18.2 Å². The third kappa shape index (κ3) is 3.47. The van der Waals surface area contributed by atoms with E-state index in [-0.39, 0.29) is 24.5 Å². The Morgan fingerprint density at radius 2 is 1.93 bits per heavy atom. The van der Waals surface area contributed by atoms with Crippen LogP contribution < -0.4 is 9.64 Å². The van der Waals surface area contributed by atoms with Crippen LogP contribution in [0.1, 0.15) is 29.2 Å². The average molecular weight is 392 g/mol. The first-order chi connectivity index (χ1) is 14.0. The number of aryl methyl sites for hydroxylation is 1. The first kappa shape index (κ1) is 18.7. The van der Waals surface area contributed by atoms with Crippen LogP contribution in [0.25, 0.3) is 6.08 Å². The van der Waals surface area contributed by atoms with Gasteiger partial charge in [-0.2, -0.15) is 0 Å². The van der Waals surface area contributed by atoms with E-state index in [4.69, 9.17) is 9.84 Å². The predicted molar refractivity (Wildman–Crippen MR) is 107 cm³/mol. The molecule has 0 radical (unpaired) electrons. The number of carboxylic acids is 1. The highest BCUT2D eigenvalue weighted by Crippen LogP contribution is 2.39. The summed E-state index contributed by atoms with van der Waals surface area (Å²) in [6, 6.07) is 12.0. The smallest absolute Gasteiger partial charge is 0.332 e. The Morgan fingerprint density at radius 1 is 1.17 bits per heavy atom. The molecule has 2 aliphatic rings. The van der Waals surface area contributed by atoms with Gasteiger partial charge < -0.3 is 14.7 Å². The van der Waals surface area contributed by atoms with E-state index in [9.17, 15) is 14.4 Å². The fourth-order valence-electron chi connectivity index (χ4n) is 3.96. The van der Waals surface area contributed by atoms with Gasteiger partial charge in [0.2, 0.25) is 0 Å². The molecule has 0 spiro atoms. The van der Waals surface area contributed by atoms with Gasteiger partial charge in [0.1, 0.15) is 12.3 Å². The highest BCUT2D eigenvalue weighted by Gasteiger charge is 2.42. The monoisotopic (exact) mass is 392 g/mol. The zero-order chi connectivity index (χ0) is 20.5. The number of imide groups is 1. The highest BCUT2D eigenvalue weighted by molar-refractivity contribution is 6.19. The minimum Gasteiger partial charge on any atom is -0.497 e. The van der Waals surface area contributed by atoms with Gasteiger partial charge in [-0.25, -0.2) is 14.5 Å². The number of rotatable bonds is 5. The molecule has 7 nitrogen and oxygen atoms in total. The molecule has 1 aliphatic carbocycles. The maximum absolute atomic E-state index is 13.0. The molecule has 1 aliphatic heterocycles. The summed E-state index contributed by atoms with van der Waals surface area (Å²) >= 11 is 0. The lowest BCUT2D eigenvalue weighted by Crippen LogP contribution is -2.34. The van der Waals surface area contributed by atoms with Crippen molar-refractivity contribution in [3.63, 3.8) is 0 Å². The normalized spacial score (nSPS) is 18.6. The average Bonchev–Trinajstić information content (AvgIpc) is 3.26. The van der Waals surface area contributed by atoms with Crippen molar-refractivity contribution in [2.45, 2.75) is 18.9 Å². The van der Waals surface area contributed by atoms with Crippen molar-refractivity contribution >= 4 is 29.7 Å². The molecule has 0 saturated carbocycles. The summed E-state index contributed by atoms with van der Waals surface area (Å²) in [6.07, 6.45) is 4.15. The van der Waals surface area contributed by atoms with E-state index in [0.29, 0.717) is 11.4 Å². The molecule has 1 unspecified atom stereocenters. The molecule has 2 aromatic carbocycles.